The van der Waals surface area contributed by atoms with Gasteiger partial charge in [0.2, 0.25) is 0 Å². The molecule has 1 atom stereocenters. The molecule has 6 heteroatoms. The van der Waals surface area contributed by atoms with Crippen molar-refractivity contribution in [2.24, 2.45) is 5.92 Å². The van der Waals surface area contributed by atoms with E-state index in [-0.39, 0.29) is 12.6 Å². The second-order valence-electron chi connectivity index (χ2n) is 5.27. The maximum atomic E-state index is 12.0. The van der Waals surface area contributed by atoms with E-state index in [9.17, 15) is 9.90 Å². The molecule has 1 fully saturated rings. The molecule has 0 aromatic heterocycles. The molecule has 2 rings (SSSR count). The van der Waals surface area contributed by atoms with E-state index < -0.39 is 5.54 Å². The lowest BCUT2D eigenvalue weighted by atomic mass is 9.97. The van der Waals surface area contributed by atoms with Crippen molar-refractivity contribution >= 4 is 23.3 Å². The summed E-state index contributed by atoms with van der Waals surface area (Å²) in [4.78, 5) is 12.0. The van der Waals surface area contributed by atoms with Gasteiger partial charge < -0.3 is 20.5 Å². The molecule has 2 amide bonds. The van der Waals surface area contributed by atoms with Crippen molar-refractivity contribution in [2.75, 3.05) is 19.0 Å². The average molecular weight is 299 g/mol. The third kappa shape index (κ3) is 3.35. The highest BCUT2D eigenvalue weighted by Crippen LogP contribution is 2.39. The Morgan fingerprint density at radius 3 is 2.80 bits per heavy atom. The summed E-state index contributed by atoms with van der Waals surface area (Å²) in [5.74, 6) is 0.941. The quantitative estimate of drug-likeness (QED) is 0.782. The molecule has 0 heterocycles. The topological polar surface area (TPSA) is 70.6 Å². The van der Waals surface area contributed by atoms with Gasteiger partial charge in [0.15, 0.2) is 0 Å². The first kappa shape index (κ1) is 14.9. The molecule has 1 aliphatic rings. The van der Waals surface area contributed by atoms with E-state index in [0.29, 0.717) is 22.4 Å². The van der Waals surface area contributed by atoms with Crippen LogP contribution in [-0.2, 0) is 0 Å². The standard InChI is InChI=1S/C14H19ClN2O3/c1-14(8-18,9-3-4-9)17-13(19)16-12-7-10(20-2)5-6-11(12)15/h5-7,9,18H,3-4,8H2,1-2H3,(H2,16,17,19). The minimum Gasteiger partial charge on any atom is -0.497 e. The maximum absolute atomic E-state index is 12.0. The van der Waals surface area contributed by atoms with Crippen molar-refractivity contribution in [3.63, 3.8) is 0 Å². The molecule has 1 unspecified atom stereocenters. The normalized spacial score (nSPS) is 17.2. The lowest BCUT2D eigenvalue weighted by Gasteiger charge is -2.28. The fourth-order valence-electron chi connectivity index (χ4n) is 2.13. The van der Waals surface area contributed by atoms with Crippen LogP contribution in [0.4, 0.5) is 10.5 Å². The van der Waals surface area contributed by atoms with Crippen LogP contribution in [0.3, 0.4) is 0 Å². The minimum absolute atomic E-state index is 0.0864. The summed E-state index contributed by atoms with van der Waals surface area (Å²) in [6, 6.07) is 4.63. The number of hydrogen-bond donors (Lipinski definition) is 3. The van der Waals surface area contributed by atoms with Gasteiger partial charge in [-0.15, -0.1) is 0 Å². The molecule has 1 aliphatic carbocycles. The summed E-state index contributed by atoms with van der Waals surface area (Å²) in [5.41, 5.74) is -0.116. The number of carbonyl (C=O) groups is 1. The molecular weight excluding hydrogens is 280 g/mol. The number of aliphatic hydroxyl groups excluding tert-OH is 1. The van der Waals surface area contributed by atoms with E-state index >= 15 is 0 Å². The first-order valence-corrected chi connectivity index (χ1v) is 6.90. The van der Waals surface area contributed by atoms with Crippen LogP contribution in [-0.4, -0.2) is 30.4 Å². The van der Waals surface area contributed by atoms with Crippen LogP contribution < -0.4 is 15.4 Å². The largest absolute Gasteiger partial charge is 0.497 e. The minimum atomic E-state index is -0.588. The van der Waals surface area contributed by atoms with Gasteiger partial charge in [0.05, 0.1) is 30.0 Å². The molecule has 3 N–H and O–H groups in total. The molecule has 0 saturated heterocycles. The van der Waals surface area contributed by atoms with E-state index in [1.807, 2.05) is 6.92 Å². The lowest BCUT2D eigenvalue weighted by molar-refractivity contribution is 0.159. The molecule has 0 spiro atoms. The van der Waals surface area contributed by atoms with Crippen molar-refractivity contribution in [1.82, 2.24) is 5.32 Å². The second-order valence-corrected chi connectivity index (χ2v) is 5.68. The lowest BCUT2D eigenvalue weighted by Crippen LogP contribution is -2.52. The molecule has 1 aromatic rings. The number of nitrogens with one attached hydrogen (secondary N) is 2. The highest BCUT2D eigenvalue weighted by Gasteiger charge is 2.42. The summed E-state index contributed by atoms with van der Waals surface area (Å²) >= 11 is 6.03. The second kappa shape index (κ2) is 5.89. The number of carbonyl (C=O) groups excluding carboxylic acids is 1. The van der Waals surface area contributed by atoms with Crippen LogP contribution in [0, 0.1) is 5.92 Å². The van der Waals surface area contributed by atoms with Crippen LogP contribution >= 0.6 is 11.6 Å². The highest BCUT2D eigenvalue weighted by molar-refractivity contribution is 6.33. The van der Waals surface area contributed by atoms with Crippen molar-refractivity contribution < 1.29 is 14.6 Å². The highest BCUT2D eigenvalue weighted by atomic mass is 35.5. The van der Waals surface area contributed by atoms with Gasteiger partial charge in [0.25, 0.3) is 0 Å². The molecule has 0 radical (unpaired) electrons. The Bertz CT molecular complexity index is 505. The van der Waals surface area contributed by atoms with Crippen LogP contribution in [0.15, 0.2) is 18.2 Å². The predicted octanol–water partition coefficient (Wildman–Crippen LogP) is 2.63. The smallest absolute Gasteiger partial charge is 0.319 e. The number of benzene rings is 1. The molecule has 110 valence electrons. The number of hydrogen-bond acceptors (Lipinski definition) is 3. The van der Waals surface area contributed by atoms with Crippen LogP contribution in [0.5, 0.6) is 5.75 Å². The van der Waals surface area contributed by atoms with Gasteiger partial charge in [-0.05, 0) is 37.8 Å². The molecule has 1 saturated carbocycles. The van der Waals surface area contributed by atoms with Crippen molar-refractivity contribution in [2.45, 2.75) is 25.3 Å². The van der Waals surface area contributed by atoms with Crippen molar-refractivity contribution in [1.29, 1.82) is 0 Å². The summed E-state index contributed by atoms with van der Waals surface area (Å²) < 4.78 is 5.09. The number of rotatable bonds is 5. The van der Waals surface area contributed by atoms with E-state index in [2.05, 4.69) is 10.6 Å². The van der Waals surface area contributed by atoms with Crippen LogP contribution in [0.2, 0.25) is 5.02 Å². The predicted molar refractivity (Wildman–Crippen MR) is 78.4 cm³/mol. The fraction of sp³-hybridized carbons (Fsp3) is 0.500. The first-order valence-electron chi connectivity index (χ1n) is 6.52. The Kier molecular flexibility index (Phi) is 4.40. The molecule has 1 aromatic carbocycles. The Hall–Kier alpha value is -1.46. The Morgan fingerprint density at radius 1 is 1.55 bits per heavy atom. The summed E-state index contributed by atoms with van der Waals surface area (Å²) in [7, 11) is 1.54. The number of aliphatic hydroxyl groups is 1. The van der Waals surface area contributed by atoms with E-state index in [0.717, 1.165) is 12.8 Å². The monoisotopic (exact) mass is 298 g/mol. The third-order valence-electron chi connectivity index (χ3n) is 3.63. The molecule has 0 bridgehead atoms. The maximum Gasteiger partial charge on any atom is 0.319 e. The zero-order chi connectivity index (χ0) is 14.8. The number of halogens is 1. The van der Waals surface area contributed by atoms with Gasteiger partial charge in [0.1, 0.15) is 5.75 Å². The summed E-state index contributed by atoms with van der Waals surface area (Å²) in [5, 5.41) is 15.4. The Labute approximate surface area is 123 Å². The third-order valence-corrected chi connectivity index (χ3v) is 3.96. The summed E-state index contributed by atoms with van der Waals surface area (Å²) in [6.45, 7) is 1.76. The van der Waals surface area contributed by atoms with Crippen LogP contribution in [0.25, 0.3) is 0 Å². The average Bonchev–Trinajstić information content (AvgIpc) is 3.26. The zero-order valence-electron chi connectivity index (χ0n) is 11.6. The molecule has 5 nitrogen and oxygen atoms in total. The van der Waals surface area contributed by atoms with E-state index in [1.54, 1.807) is 25.3 Å². The van der Waals surface area contributed by atoms with Gasteiger partial charge in [-0.2, -0.15) is 0 Å². The van der Waals surface area contributed by atoms with Gasteiger partial charge in [-0.1, -0.05) is 11.6 Å². The van der Waals surface area contributed by atoms with Crippen molar-refractivity contribution in [3.8, 4) is 5.75 Å². The number of anilines is 1. The number of amides is 2. The number of urea groups is 1. The zero-order valence-corrected chi connectivity index (χ0v) is 12.3. The van der Waals surface area contributed by atoms with Gasteiger partial charge in [-0.3, -0.25) is 0 Å². The van der Waals surface area contributed by atoms with E-state index in [4.69, 9.17) is 16.3 Å². The van der Waals surface area contributed by atoms with Gasteiger partial charge in [0, 0.05) is 6.07 Å². The van der Waals surface area contributed by atoms with Crippen LogP contribution in [0.1, 0.15) is 19.8 Å². The van der Waals surface area contributed by atoms with Gasteiger partial charge >= 0.3 is 6.03 Å². The van der Waals surface area contributed by atoms with Crippen molar-refractivity contribution in [3.05, 3.63) is 23.2 Å². The Morgan fingerprint density at radius 2 is 2.25 bits per heavy atom. The molecule has 20 heavy (non-hydrogen) atoms. The number of methoxy groups -OCH3 is 1. The van der Waals surface area contributed by atoms with E-state index in [1.165, 1.54) is 0 Å². The fourth-order valence-corrected chi connectivity index (χ4v) is 2.30. The molecular formula is C14H19ClN2O3. The Balaban J connectivity index is 2.04. The SMILES string of the molecule is COc1ccc(Cl)c(NC(=O)NC(C)(CO)C2CC2)c1. The van der Waals surface area contributed by atoms with Gasteiger partial charge in [-0.25, -0.2) is 4.79 Å². The summed E-state index contributed by atoms with van der Waals surface area (Å²) in [6.07, 6.45) is 2.05. The first-order chi connectivity index (χ1) is 9.48. The molecule has 0 aliphatic heterocycles. The number of ether oxygens (including phenoxy) is 1.